The average molecular weight is 353 g/mol. The van der Waals surface area contributed by atoms with Gasteiger partial charge in [0.25, 0.3) is 0 Å². The van der Waals surface area contributed by atoms with Gasteiger partial charge in [-0.25, -0.2) is 0 Å². The second kappa shape index (κ2) is 7.27. The number of nitrogens with one attached hydrogen (secondary N) is 1. The van der Waals surface area contributed by atoms with Crippen molar-refractivity contribution < 1.29 is 0 Å². The van der Waals surface area contributed by atoms with Gasteiger partial charge in [-0.05, 0) is 50.5 Å². The normalized spacial score (nSPS) is 14.7. The highest BCUT2D eigenvalue weighted by atomic mass is 32.1. The summed E-state index contributed by atoms with van der Waals surface area (Å²) in [4.78, 5) is 2.36. The first-order valence-corrected chi connectivity index (χ1v) is 9.67. The van der Waals surface area contributed by atoms with Gasteiger partial charge in [0, 0.05) is 30.7 Å². The summed E-state index contributed by atoms with van der Waals surface area (Å²) in [6.45, 7) is 5.06. The fraction of sp³-hybridized carbons (Fsp3) is 0.368. The minimum absolute atomic E-state index is 0.759. The summed E-state index contributed by atoms with van der Waals surface area (Å²) in [5, 5.41) is 14.3. The molecule has 1 fully saturated rings. The third-order valence-corrected chi connectivity index (χ3v) is 5.58. The van der Waals surface area contributed by atoms with Crippen LogP contribution in [0.1, 0.15) is 30.5 Å². The minimum atomic E-state index is 0.759. The fourth-order valence-electron chi connectivity index (χ4n) is 3.13. The van der Waals surface area contributed by atoms with Crippen molar-refractivity contribution in [2.45, 2.75) is 32.7 Å². The summed E-state index contributed by atoms with van der Waals surface area (Å²) in [7, 11) is 0. The molecule has 6 heteroatoms. The third kappa shape index (κ3) is 3.69. The van der Waals surface area contributed by atoms with Crippen molar-refractivity contribution in [3.05, 3.63) is 53.9 Å². The molecule has 2 aromatic heterocycles. The summed E-state index contributed by atoms with van der Waals surface area (Å²) in [5.74, 6) is 0. The van der Waals surface area contributed by atoms with Crippen molar-refractivity contribution in [1.29, 1.82) is 0 Å². The fourth-order valence-corrected chi connectivity index (χ4v) is 4.04. The zero-order valence-electron chi connectivity index (χ0n) is 14.5. The maximum atomic E-state index is 4.42. The number of piperidine rings is 1. The molecule has 5 nitrogen and oxygen atoms in total. The molecule has 130 valence electrons. The van der Waals surface area contributed by atoms with Crippen LogP contribution in [-0.2, 0) is 6.54 Å². The van der Waals surface area contributed by atoms with Crippen LogP contribution in [0.3, 0.4) is 0 Å². The van der Waals surface area contributed by atoms with Crippen LogP contribution in [-0.4, -0.2) is 27.9 Å². The molecule has 1 N–H and O–H groups in total. The Kier molecular flexibility index (Phi) is 4.70. The van der Waals surface area contributed by atoms with E-state index in [1.165, 1.54) is 30.5 Å². The molecular formula is C19H23N5S. The van der Waals surface area contributed by atoms with Gasteiger partial charge in [-0.15, -0.1) is 10.2 Å². The second-order valence-corrected chi connectivity index (χ2v) is 7.44. The van der Waals surface area contributed by atoms with Crippen molar-refractivity contribution in [3.8, 4) is 5.13 Å². The van der Waals surface area contributed by atoms with E-state index in [4.69, 9.17) is 0 Å². The number of anilines is 2. The molecule has 4 rings (SSSR count). The van der Waals surface area contributed by atoms with Crippen LogP contribution < -0.4 is 10.2 Å². The Morgan fingerprint density at radius 3 is 2.56 bits per heavy atom. The first-order valence-electron chi connectivity index (χ1n) is 8.85. The summed E-state index contributed by atoms with van der Waals surface area (Å²) in [5.41, 5.74) is 3.58. The lowest BCUT2D eigenvalue weighted by Gasteiger charge is -2.25. The van der Waals surface area contributed by atoms with Crippen LogP contribution in [0.4, 0.5) is 10.8 Å². The van der Waals surface area contributed by atoms with Gasteiger partial charge in [0.2, 0.25) is 10.3 Å². The van der Waals surface area contributed by atoms with Crippen LogP contribution in [0.5, 0.6) is 0 Å². The zero-order valence-corrected chi connectivity index (χ0v) is 15.3. The van der Waals surface area contributed by atoms with E-state index in [1.807, 2.05) is 0 Å². The molecular weight excluding hydrogens is 330 g/mol. The van der Waals surface area contributed by atoms with Crippen molar-refractivity contribution >= 4 is 22.2 Å². The topological polar surface area (TPSA) is 46.0 Å². The summed E-state index contributed by atoms with van der Waals surface area (Å²) < 4.78 is 2.13. The van der Waals surface area contributed by atoms with E-state index in [2.05, 4.69) is 74.5 Å². The predicted molar refractivity (Wildman–Crippen MR) is 104 cm³/mol. The van der Waals surface area contributed by atoms with E-state index in [0.717, 1.165) is 35.6 Å². The standard InChI is InChI=1S/C19H23N5S/c1-15-7-9-16(10-8-15)20-14-17-6-5-13-24(17)19-22-21-18(25-19)23-11-3-2-4-12-23/h5-10,13,20H,2-4,11-12,14H2,1H3. The van der Waals surface area contributed by atoms with Gasteiger partial charge >= 0.3 is 0 Å². The summed E-state index contributed by atoms with van der Waals surface area (Å²) in [6.07, 6.45) is 5.90. The first kappa shape index (κ1) is 16.1. The lowest BCUT2D eigenvalue weighted by molar-refractivity contribution is 0.575. The number of hydrogen-bond acceptors (Lipinski definition) is 5. The monoisotopic (exact) mass is 353 g/mol. The van der Waals surface area contributed by atoms with Crippen LogP contribution >= 0.6 is 11.3 Å². The smallest absolute Gasteiger partial charge is 0.218 e. The molecule has 1 aliphatic rings. The van der Waals surface area contributed by atoms with E-state index in [1.54, 1.807) is 11.3 Å². The Hall–Kier alpha value is -2.34. The highest BCUT2D eigenvalue weighted by Gasteiger charge is 2.16. The molecule has 0 aliphatic carbocycles. The molecule has 0 amide bonds. The molecule has 0 spiro atoms. The Balaban J connectivity index is 1.47. The van der Waals surface area contributed by atoms with Gasteiger partial charge in [0.1, 0.15) is 0 Å². The average Bonchev–Trinajstić information content (AvgIpc) is 3.31. The van der Waals surface area contributed by atoms with Crippen LogP contribution in [0, 0.1) is 6.92 Å². The van der Waals surface area contributed by atoms with Crippen molar-refractivity contribution in [3.63, 3.8) is 0 Å². The quantitative estimate of drug-likeness (QED) is 0.745. The molecule has 0 radical (unpaired) electrons. The molecule has 0 saturated carbocycles. The highest BCUT2D eigenvalue weighted by Crippen LogP contribution is 2.27. The number of benzene rings is 1. The van der Waals surface area contributed by atoms with E-state index in [0.29, 0.717) is 0 Å². The van der Waals surface area contributed by atoms with Crippen LogP contribution in [0.15, 0.2) is 42.6 Å². The van der Waals surface area contributed by atoms with Gasteiger partial charge in [0.15, 0.2) is 0 Å². The van der Waals surface area contributed by atoms with Crippen LogP contribution in [0.2, 0.25) is 0 Å². The SMILES string of the molecule is Cc1ccc(NCc2cccn2-c2nnc(N3CCCCC3)s2)cc1. The lowest BCUT2D eigenvalue weighted by atomic mass is 10.1. The maximum absolute atomic E-state index is 4.42. The minimum Gasteiger partial charge on any atom is -0.379 e. The molecule has 0 atom stereocenters. The number of aromatic nitrogens is 3. The Bertz CT molecular complexity index is 814. The van der Waals surface area contributed by atoms with E-state index in [9.17, 15) is 0 Å². The van der Waals surface area contributed by atoms with Crippen molar-refractivity contribution in [1.82, 2.24) is 14.8 Å². The van der Waals surface area contributed by atoms with Gasteiger partial charge < -0.3 is 10.2 Å². The number of nitrogens with zero attached hydrogens (tertiary/aromatic N) is 4. The summed E-state index contributed by atoms with van der Waals surface area (Å²) in [6, 6.07) is 12.7. The van der Waals surface area contributed by atoms with Gasteiger partial charge in [-0.1, -0.05) is 29.0 Å². The van der Waals surface area contributed by atoms with Gasteiger partial charge in [-0.3, -0.25) is 4.57 Å². The molecule has 1 saturated heterocycles. The van der Waals surface area contributed by atoms with E-state index < -0.39 is 0 Å². The number of aryl methyl sites for hydroxylation is 1. The maximum Gasteiger partial charge on any atom is 0.218 e. The van der Waals surface area contributed by atoms with Gasteiger partial charge in [0.05, 0.1) is 6.54 Å². The lowest BCUT2D eigenvalue weighted by Crippen LogP contribution is -2.29. The number of rotatable bonds is 5. The van der Waals surface area contributed by atoms with E-state index >= 15 is 0 Å². The largest absolute Gasteiger partial charge is 0.379 e. The number of hydrogen-bond donors (Lipinski definition) is 1. The molecule has 3 heterocycles. The summed E-state index contributed by atoms with van der Waals surface area (Å²) >= 11 is 1.67. The van der Waals surface area contributed by atoms with Gasteiger partial charge in [-0.2, -0.15) is 0 Å². The van der Waals surface area contributed by atoms with Crippen LogP contribution in [0.25, 0.3) is 5.13 Å². The molecule has 0 bridgehead atoms. The Labute approximate surface area is 152 Å². The molecule has 3 aromatic rings. The Morgan fingerprint density at radius 2 is 1.76 bits per heavy atom. The molecule has 1 aromatic carbocycles. The molecule has 1 aliphatic heterocycles. The van der Waals surface area contributed by atoms with E-state index in [-0.39, 0.29) is 0 Å². The predicted octanol–water partition coefficient (Wildman–Crippen LogP) is 4.24. The highest BCUT2D eigenvalue weighted by molar-refractivity contribution is 7.17. The third-order valence-electron chi connectivity index (χ3n) is 4.59. The Morgan fingerprint density at radius 1 is 1.00 bits per heavy atom. The zero-order chi connectivity index (χ0) is 17.1. The van der Waals surface area contributed by atoms with Crippen molar-refractivity contribution in [2.24, 2.45) is 0 Å². The first-order chi connectivity index (χ1) is 12.3. The van der Waals surface area contributed by atoms with Crippen molar-refractivity contribution in [2.75, 3.05) is 23.3 Å². The molecule has 25 heavy (non-hydrogen) atoms. The molecule has 0 unspecified atom stereocenters. The second-order valence-electron chi connectivity index (χ2n) is 6.50.